The summed E-state index contributed by atoms with van der Waals surface area (Å²) in [5.74, 6) is -0.544. The largest absolute Gasteiger partial charge is 0.461 e. The second-order valence-corrected chi connectivity index (χ2v) is 10.3. The first kappa shape index (κ1) is 25.6. The number of thioether (sulfide) groups is 1. The summed E-state index contributed by atoms with van der Waals surface area (Å²) < 4.78 is 35.2. The number of hydrogen-bond donors (Lipinski definition) is 1. The third kappa shape index (κ3) is 4.65. The highest BCUT2D eigenvalue weighted by Crippen LogP contribution is 2.62. The molecule has 1 aromatic carbocycles. The molecule has 4 rings (SSSR count). The molecule has 0 bridgehead atoms. The van der Waals surface area contributed by atoms with Crippen molar-refractivity contribution in [3.05, 3.63) is 53.2 Å². The molecule has 2 heterocycles. The van der Waals surface area contributed by atoms with Crippen molar-refractivity contribution in [2.75, 3.05) is 26.5 Å². The lowest BCUT2D eigenvalue weighted by atomic mass is 9.52. The number of carbonyl (C=O) groups is 1. The number of hydrogen-bond acceptors (Lipinski definition) is 8. The number of benzene rings is 1. The molecule has 8 nitrogen and oxygen atoms in total. The molecule has 188 valence electrons. The van der Waals surface area contributed by atoms with Crippen LogP contribution in [0.1, 0.15) is 36.6 Å². The Morgan fingerprint density at radius 2 is 2.11 bits per heavy atom. The van der Waals surface area contributed by atoms with Gasteiger partial charge in [0.25, 0.3) is 0 Å². The fraction of sp³-hybridized carbons (Fsp3) is 0.400. The minimum absolute atomic E-state index is 0.0340. The number of amidine groups is 1. The Bertz CT molecular complexity index is 1270. The Morgan fingerprint density at radius 1 is 1.36 bits per heavy atom. The van der Waals surface area contributed by atoms with Gasteiger partial charge >= 0.3 is 0 Å². The molecule has 1 aliphatic carbocycles. The van der Waals surface area contributed by atoms with Gasteiger partial charge in [0, 0.05) is 36.7 Å². The molecule has 1 spiro atoms. The molecule has 1 atom stereocenters. The van der Waals surface area contributed by atoms with Crippen molar-refractivity contribution in [1.82, 2.24) is 14.9 Å². The zero-order chi connectivity index (χ0) is 26.1. The van der Waals surface area contributed by atoms with E-state index in [-0.39, 0.29) is 30.0 Å². The van der Waals surface area contributed by atoms with Crippen LogP contribution < -0.4 is 10.5 Å². The predicted molar refractivity (Wildman–Crippen MR) is 134 cm³/mol. The standard InChI is InChI=1S/C25H26F2N6O2S/c1-24(25(14-36-23(29)32-24)10-16(11-25)22(34)33(2)3)17-8-15(4-5-18(17)26)9-19(27)20-12-31-21(13-30-20)35-7-6-28/h4-5,8-9,12-13,16H,7,10-11,14H2,1-3H3,(H2,29,32)/b19-9-/t16?,24-,25?/m1/s1. The molecule has 2 aromatic rings. The van der Waals surface area contributed by atoms with Gasteiger partial charge in [-0.1, -0.05) is 17.8 Å². The minimum Gasteiger partial charge on any atom is -0.461 e. The molecule has 2 N–H and O–H groups in total. The van der Waals surface area contributed by atoms with Gasteiger partial charge in [-0.25, -0.2) is 18.7 Å². The first-order valence-corrected chi connectivity index (χ1v) is 12.3. The zero-order valence-electron chi connectivity index (χ0n) is 20.2. The fourth-order valence-corrected chi connectivity index (χ4v) is 6.04. The van der Waals surface area contributed by atoms with Crippen molar-refractivity contribution in [2.24, 2.45) is 22.1 Å². The molecule has 0 radical (unpaired) electrons. The van der Waals surface area contributed by atoms with Crippen LogP contribution in [0.3, 0.4) is 0 Å². The molecular formula is C25H26F2N6O2S. The van der Waals surface area contributed by atoms with E-state index in [1.807, 2.05) is 13.0 Å². The Kier molecular flexibility index (Phi) is 7.00. The SMILES string of the molecule is CN(C)C(=O)C1CC2(CSC(N)=N[C@]2(C)c2cc(/C=C(\F)c3cnc(OCC#N)cn3)ccc2F)C1. The Morgan fingerprint density at radius 3 is 2.75 bits per heavy atom. The average Bonchev–Trinajstić information content (AvgIpc) is 2.82. The quantitative estimate of drug-likeness (QED) is 0.626. The van der Waals surface area contributed by atoms with Crippen molar-refractivity contribution in [3.63, 3.8) is 0 Å². The molecule has 1 aromatic heterocycles. The van der Waals surface area contributed by atoms with Crippen LogP contribution in [0.4, 0.5) is 8.78 Å². The number of rotatable bonds is 6. The monoisotopic (exact) mass is 512 g/mol. The third-order valence-corrected chi connectivity index (χ3v) is 7.98. The molecule has 1 fully saturated rings. The number of nitrogens with two attached hydrogens (primary N) is 1. The van der Waals surface area contributed by atoms with Gasteiger partial charge in [-0.15, -0.1) is 0 Å². The molecular weight excluding hydrogens is 486 g/mol. The number of nitrogens with zero attached hydrogens (tertiary/aromatic N) is 5. The summed E-state index contributed by atoms with van der Waals surface area (Å²) in [6.07, 6.45) is 4.78. The van der Waals surface area contributed by atoms with Crippen molar-refractivity contribution >= 4 is 34.7 Å². The molecule has 1 saturated carbocycles. The number of aromatic nitrogens is 2. The van der Waals surface area contributed by atoms with E-state index in [4.69, 9.17) is 20.7 Å². The topological polar surface area (TPSA) is 117 Å². The van der Waals surface area contributed by atoms with E-state index < -0.39 is 22.6 Å². The van der Waals surface area contributed by atoms with E-state index >= 15 is 4.39 Å². The van der Waals surface area contributed by atoms with E-state index in [0.717, 1.165) is 0 Å². The van der Waals surface area contributed by atoms with Crippen LogP contribution in [0, 0.1) is 28.5 Å². The van der Waals surface area contributed by atoms with Gasteiger partial charge in [-0.2, -0.15) is 5.26 Å². The van der Waals surface area contributed by atoms with Crippen LogP contribution in [0.2, 0.25) is 0 Å². The summed E-state index contributed by atoms with van der Waals surface area (Å²) in [5.41, 5.74) is 5.29. The highest BCUT2D eigenvalue weighted by Gasteiger charge is 2.61. The third-order valence-electron chi connectivity index (χ3n) is 6.89. The number of ether oxygens (including phenoxy) is 1. The molecule has 11 heteroatoms. The van der Waals surface area contributed by atoms with Crippen molar-refractivity contribution < 1.29 is 18.3 Å². The van der Waals surface area contributed by atoms with Gasteiger partial charge in [-0.3, -0.25) is 9.79 Å². The maximum atomic E-state index is 15.3. The minimum atomic E-state index is -1.02. The summed E-state index contributed by atoms with van der Waals surface area (Å²) >= 11 is 1.41. The molecule has 1 aliphatic heterocycles. The second-order valence-electron chi connectivity index (χ2n) is 9.35. The lowest BCUT2D eigenvalue weighted by Crippen LogP contribution is -2.58. The van der Waals surface area contributed by atoms with Crippen molar-refractivity contribution in [1.29, 1.82) is 5.26 Å². The molecule has 0 saturated heterocycles. The van der Waals surface area contributed by atoms with E-state index in [9.17, 15) is 9.18 Å². The lowest BCUT2D eigenvalue weighted by molar-refractivity contribution is -0.143. The fourth-order valence-electron chi connectivity index (χ4n) is 4.85. The number of halogens is 2. The predicted octanol–water partition coefficient (Wildman–Crippen LogP) is 3.75. The van der Waals surface area contributed by atoms with E-state index in [0.29, 0.717) is 34.9 Å². The van der Waals surface area contributed by atoms with Gasteiger partial charge in [-0.05, 0) is 43.5 Å². The summed E-state index contributed by atoms with van der Waals surface area (Å²) in [4.78, 5) is 26.7. The highest BCUT2D eigenvalue weighted by molar-refractivity contribution is 8.13. The molecule has 2 aliphatic rings. The number of aliphatic imine (C=N–C) groups is 1. The Labute approximate surface area is 212 Å². The van der Waals surface area contributed by atoms with Crippen molar-refractivity contribution in [2.45, 2.75) is 25.3 Å². The van der Waals surface area contributed by atoms with Crippen LogP contribution in [0.15, 0.2) is 35.6 Å². The summed E-state index contributed by atoms with van der Waals surface area (Å²) in [6.45, 7) is 1.64. The average molecular weight is 513 g/mol. The number of carbonyl (C=O) groups excluding carboxylic acids is 1. The maximum absolute atomic E-state index is 15.3. The van der Waals surface area contributed by atoms with Gasteiger partial charge in [0.05, 0.1) is 17.9 Å². The van der Waals surface area contributed by atoms with Crippen LogP contribution in [-0.2, 0) is 10.3 Å². The molecule has 1 amide bonds. The lowest BCUT2D eigenvalue weighted by Gasteiger charge is -2.57. The normalized spacial score (nSPS) is 25.5. The second kappa shape index (κ2) is 9.85. The van der Waals surface area contributed by atoms with Gasteiger partial charge < -0.3 is 15.4 Å². The molecule has 36 heavy (non-hydrogen) atoms. The summed E-state index contributed by atoms with van der Waals surface area (Å²) in [6, 6.07) is 6.14. The van der Waals surface area contributed by atoms with Gasteiger partial charge in [0.1, 0.15) is 17.6 Å². The maximum Gasteiger partial charge on any atom is 0.233 e. The first-order chi connectivity index (χ1) is 17.1. The Balaban J connectivity index is 1.65. The van der Waals surface area contributed by atoms with Crippen molar-refractivity contribution in [3.8, 4) is 11.9 Å². The van der Waals surface area contributed by atoms with E-state index in [1.54, 1.807) is 25.1 Å². The summed E-state index contributed by atoms with van der Waals surface area (Å²) in [5, 5.41) is 8.92. The number of nitriles is 1. The van der Waals surface area contributed by atoms with Crippen LogP contribution in [0.5, 0.6) is 5.88 Å². The van der Waals surface area contributed by atoms with Gasteiger partial charge in [0.15, 0.2) is 17.6 Å². The van der Waals surface area contributed by atoms with E-state index in [1.165, 1.54) is 42.4 Å². The van der Waals surface area contributed by atoms with Crippen LogP contribution in [-0.4, -0.2) is 52.4 Å². The smallest absolute Gasteiger partial charge is 0.233 e. The number of amides is 1. The zero-order valence-corrected chi connectivity index (χ0v) is 21.0. The summed E-state index contributed by atoms with van der Waals surface area (Å²) in [7, 11) is 3.44. The van der Waals surface area contributed by atoms with Crippen LogP contribution in [0.25, 0.3) is 11.9 Å². The van der Waals surface area contributed by atoms with E-state index in [2.05, 4.69) is 9.97 Å². The molecule has 0 unspecified atom stereocenters. The van der Waals surface area contributed by atoms with Crippen LogP contribution >= 0.6 is 11.8 Å². The first-order valence-electron chi connectivity index (χ1n) is 11.3. The van der Waals surface area contributed by atoms with Gasteiger partial charge in [0.2, 0.25) is 11.8 Å². The highest BCUT2D eigenvalue weighted by atomic mass is 32.2. The Hall–Kier alpha value is -3.52.